The predicted molar refractivity (Wildman–Crippen MR) is 119 cm³/mol. The summed E-state index contributed by atoms with van der Waals surface area (Å²) >= 11 is 0. The molecule has 0 saturated heterocycles. The van der Waals surface area contributed by atoms with E-state index in [9.17, 15) is 40.2 Å². The number of nitrogens with zero attached hydrogens (tertiary/aromatic N) is 1. The van der Waals surface area contributed by atoms with Crippen molar-refractivity contribution in [2.45, 2.75) is 31.3 Å². The highest BCUT2D eigenvalue weighted by molar-refractivity contribution is 5.80. The van der Waals surface area contributed by atoms with Crippen LogP contribution in [0.3, 0.4) is 0 Å². The number of rotatable bonds is 7. The minimum atomic E-state index is -4.97. The molecule has 204 valence electrons. The first-order valence-corrected chi connectivity index (χ1v) is 11.0. The second kappa shape index (κ2) is 10.6. The van der Waals surface area contributed by atoms with Crippen molar-refractivity contribution < 1.29 is 54.4 Å². The lowest BCUT2D eigenvalue weighted by Gasteiger charge is -2.40. The highest BCUT2D eigenvalue weighted by Gasteiger charge is 2.42. The lowest BCUT2D eigenvalue weighted by Crippen LogP contribution is -2.46. The third-order valence-corrected chi connectivity index (χ3v) is 5.66. The van der Waals surface area contributed by atoms with Gasteiger partial charge in [0.1, 0.15) is 18.1 Å². The van der Waals surface area contributed by atoms with E-state index in [1.807, 2.05) is 0 Å². The molecule has 13 heteroatoms. The first-order valence-electron chi connectivity index (χ1n) is 11.0. The van der Waals surface area contributed by atoms with Crippen LogP contribution in [0.4, 0.5) is 40.8 Å². The maximum absolute atomic E-state index is 13.3. The Labute approximate surface area is 210 Å². The van der Waals surface area contributed by atoms with Gasteiger partial charge in [-0.15, -0.1) is 13.2 Å². The van der Waals surface area contributed by atoms with Gasteiger partial charge < -0.3 is 24.2 Å². The molecular weight excluding hydrogens is 530 g/mol. The third kappa shape index (κ3) is 6.39. The molecule has 0 saturated carbocycles. The van der Waals surface area contributed by atoms with Crippen LogP contribution < -0.4 is 19.1 Å². The fourth-order valence-electron chi connectivity index (χ4n) is 4.10. The van der Waals surface area contributed by atoms with E-state index in [-0.39, 0.29) is 40.5 Å². The predicted octanol–water partition coefficient (Wildman–Crippen LogP) is 6.72. The number of halogens is 8. The fourth-order valence-corrected chi connectivity index (χ4v) is 4.10. The van der Waals surface area contributed by atoms with Crippen LogP contribution in [-0.4, -0.2) is 43.5 Å². The number of aliphatic hydroxyl groups excluding tert-OH is 1. The highest BCUT2D eigenvalue weighted by atomic mass is 19.4. The molecule has 38 heavy (non-hydrogen) atoms. The van der Waals surface area contributed by atoms with Crippen LogP contribution in [-0.2, 0) is 0 Å². The van der Waals surface area contributed by atoms with Gasteiger partial charge in [-0.2, -0.15) is 22.0 Å². The summed E-state index contributed by atoms with van der Waals surface area (Å²) in [6.07, 6.45) is -12.7. The smallest absolute Gasteiger partial charge is 0.488 e. The van der Waals surface area contributed by atoms with Crippen molar-refractivity contribution in [3.05, 3.63) is 72.3 Å². The van der Waals surface area contributed by atoms with Crippen LogP contribution in [0.5, 0.6) is 17.2 Å². The quantitative estimate of drug-likeness (QED) is 0.332. The molecule has 1 aliphatic rings. The summed E-state index contributed by atoms with van der Waals surface area (Å²) in [5.74, 6) is -0.682. The minimum absolute atomic E-state index is 0.0577. The Morgan fingerprint density at radius 2 is 1.61 bits per heavy atom. The molecule has 5 nitrogen and oxygen atoms in total. The second-order valence-electron chi connectivity index (χ2n) is 8.22. The number of benzene rings is 3. The molecule has 0 bridgehead atoms. The topological polar surface area (TPSA) is 51.2 Å². The molecule has 0 aliphatic carbocycles. The minimum Gasteiger partial charge on any atom is -0.488 e. The summed E-state index contributed by atoms with van der Waals surface area (Å²) in [6, 6.07) is 13.7. The summed E-state index contributed by atoms with van der Waals surface area (Å²) in [4.78, 5) is 1.21. The summed E-state index contributed by atoms with van der Waals surface area (Å²) in [7, 11) is 0. The number of fused-ring (bicyclic) bond motifs is 1. The van der Waals surface area contributed by atoms with E-state index >= 15 is 0 Å². The number of hydrogen-bond donors (Lipinski definition) is 1. The van der Waals surface area contributed by atoms with Crippen molar-refractivity contribution in [2.24, 2.45) is 0 Å². The molecule has 0 radical (unpaired) electrons. The zero-order chi connectivity index (χ0) is 27.7. The lowest BCUT2D eigenvalue weighted by atomic mass is 9.98. The molecule has 0 spiro atoms. The van der Waals surface area contributed by atoms with E-state index in [2.05, 4.69) is 9.47 Å². The van der Waals surface area contributed by atoms with E-state index < -0.39 is 43.6 Å². The average molecular weight is 549 g/mol. The van der Waals surface area contributed by atoms with E-state index in [1.54, 1.807) is 0 Å². The SMILES string of the molecule is OC(CN1c2cccc(-c3cccc(OC(F)(F)F)c3)c2OCC1c1cccc(OC(F)F)c1)C(F)(F)F. The maximum Gasteiger partial charge on any atom is 0.573 e. The monoisotopic (exact) mass is 549 g/mol. The normalized spacial score (nSPS) is 16.6. The van der Waals surface area contributed by atoms with Gasteiger partial charge in [0.2, 0.25) is 0 Å². The van der Waals surface area contributed by atoms with Crippen molar-refractivity contribution in [1.82, 2.24) is 0 Å². The molecule has 1 aliphatic heterocycles. The maximum atomic E-state index is 13.3. The van der Waals surface area contributed by atoms with Crippen LogP contribution >= 0.6 is 0 Å². The van der Waals surface area contributed by atoms with Crippen LogP contribution in [0.15, 0.2) is 66.7 Å². The molecule has 0 aromatic heterocycles. The standard InChI is InChI=1S/C25H19F8NO4/c26-23(27)37-16-6-2-5-15(11-16)20-13-36-22-18(14-4-1-7-17(10-14)38-25(31,32)33)8-3-9-19(22)34(20)12-21(35)24(28,29)30/h1-11,20-21,23,35H,12-13H2. The lowest BCUT2D eigenvalue weighted by molar-refractivity contribution is -0.274. The Morgan fingerprint density at radius 1 is 0.921 bits per heavy atom. The number of aliphatic hydroxyl groups is 1. The van der Waals surface area contributed by atoms with E-state index in [4.69, 9.17) is 4.74 Å². The summed E-state index contributed by atoms with van der Waals surface area (Å²) in [5.41, 5.74) is 0.860. The molecule has 4 rings (SSSR count). The van der Waals surface area contributed by atoms with Gasteiger partial charge in [-0.3, -0.25) is 0 Å². The summed E-state index contributed by atoms with van der Waals surface area (Å²) in [6.45, 7) is -4.34. The second-order valence-corrected chi connectivity index (χ2v) is 8.22. The van der Waals surface area contributed by atoms with Gasteiger partial charge in [0.05, 0.1) is 18.3 Å². The average Bonchev–Trinajstić information content (AvgIpc) is 2.82. The number of anilines is 1. The van der Waals surface area contributed by atoms with E-state index in [0.29, 0.717) is 0 Å². The van der Waals surface area contributed by atoms with E-state index in [1.165, 1.54) is 59.5 Å². The van der Waals surface area contributed by atoms with Crippen LogP contribution in [0, 0.1) is 0 Å². The van der Waals surface area contributed by atoms with Gasteiger partial charge in [0.15, 0.2) is 11.9 Å². The number of para-hydroxylation sites is 1. The number of ether oxygens (including phenoxy) is 3. The zero-order valence-electron chi connectivity index (χ0n) is 19.1. The molecule has 3 aromatic carbocycles. The van der Waals surface area contributed by atoms with Crippen LogP contribution in [0.25, 0.3) is 11.1 Å². The highest BCUT2D eigenvalue weighted by Crippen LogP contribution is 2.46. The molecule has 2 unspecified atom stereocenters. The van der Waals surface area contributed by atoms with Crippen LogP contribution in [0.1, 0.15) is 11.6 Å². The molecule has 1 heterocycles. The molecule has 0 amide bonds. The van der Waals surface area contributed by atoms with Gasteiger partial charge >= 0.3 is 19.2 Å². The van der Waals surface area contributed by atoms with Gasteiger partial charge in [-0.1, -0.05) is 36.4 Å². The first-order chi connectivity index (χ1) is 17.8. The van der Waals surface area contributed by atoms with E-state index in [0.717, 1.165) is 12.1 Å². The number of β-amino-alcohol motifs (C(OH)–C–C–N with tert-alkyl or cyclic N) is 1. The fraction of sp³-hybridized carbons (Fsp3) is 0.280. The van der Waals surface area contributed by atoms with Crippen molar-refractivity contribution in [3.8, 4) is 28.4 Å². The van der Waals surface area contributed by atoms with Gasteiger partial charge in [0, 0.05) is 5.56 Å². The Hall–Kier alpha value is -3.74. The molecular formula is C25H19F8NO4. The van der Waals surface area contributed by atoms with Gasteiger partial charge in [0.25, 0.3) is 0 Å². The molecule has 2 atom stereocenters. The van der Waals surface area contributed by atoms with Crippen molar-refractivity contribution in [1.29, 1.82) is 0 Å². The van der Waals surface area contributed by atoms with Crippen molar-refractivity contribution in [2.75, 3.05) is 18.1 Å². The third-order valence-electron chi connectivity index (χ3n) is 5.66. The van der Waals surface area contributed by atoms with Crippen molar-refractivity contribution in [3.63, 3.8) is 0 Å². The summed E-state index contributed by atoms with van der Waals surface area (Å²) < 4.78 is 118. The summed E-state index contributed by atoms with van der Waals surface area (Å²) in [5, 5.41) is 9.88. The van der Waals surface area contributed by atoms with Gasteiger partial charge in [-0.05, 0) is 41.5 Å². The zero-order valence-corrected chi connectivity index (χ0v) is 19.1. The number of alkyl halides is 8. The molecule has 3 aromatic rings. The van der Waals surface area contributed by atoms with Gasteiger partial charge in [-0.25, -0.2) is 0 Å². The molecule has 0 fully saturated rings. The number of hydrogen-bond acceptors (Lipinski definition) is 5. The Kier molecular flexibility index (Phi) is 7.58. The Bertz CT molecular complexity index is 1260. The first kappa shape index (κ1) is 27.3. The Morgan fingerprint density at radius 3 is 2.29 bits per heavy atom. The largest absolute Gasteiger partial charge is 0.573 e. The Balaban J connectivity index is 1.77. The van der Waals surface area contributed by atoms with Crippen LogP contribution in [0.2, 0.25) is 0 Å². The van der Waals surface area contributed by atoms with Crippen molar-refractivity contribution >= 4 is 5.69 Å². The molecule has 1 N–H and O–H groups in total.